The van der Waals surface area contributed by atoms with Crippen LogP contribution in [0.1, 0.15) is 19.3 Å². The van der Waals surface area contributed by atoms with Gasteiger partial charge in [-0.05, 0) is 49.4 Å². The molecule has 1 heterocycles. The van der Waals surface area contributed by atoms with E-state index in [4.69, 9.17) is 0 Å². The van der Waals surface area contributed by atoms with Crippen molar-refractivity contribution in [2.75, 3.05) is 37.6 Å². The lowest BCUT2D eigenvalue weighted by molar-refractivity contribution is 0.211. The van der Waals surface area contributed by atoms with Gasteiger partial charge >= 0.3 is 0 Å². The lowest BCUT2D eigenvalue weighted by Gasteiger charge is -2.37. The topological polar surface area (TPSA) is 6.48 Å². The molecule has 0 amide bonds. The highest BCUT2D eigenvalue weighted by Crippen LogP contribution is 2.21. The summed E-state index contributed by atoms with van der Waals surface area (Å²) in [7, 11) is 0. The molecule has 0 saturated carbocycles. The summed E-state index contributed by atoms with van der Waals surface area (Å²) in [5.41, 5.74) is 1.15. The molecule has 1 saturated heterocycles. The van der Waals surface area contributed by atoms with Gasteiger partial charge < -0.3 is 4.90 Å². The first-order chi connectivity index (χ1) is 9.81. The molecule has 0 aromatic heterocycles. The summed E-state index contributed by atoms with van der Waals surface area (Å²) in [5, 5.41) is 0. The number of benzene rings is 1. The maximum atomic E-state index is 12.9. The number of piperazine rings is 1. The molecule has 3 rings (SSSR count). The van der Waals surface area contributed by atoms with Crippen molar-refractivity contribution in [3.8, 4) is 0 Å². The molecule has 108 valence electrons. The van der Waals surface area contributed by atoms with Gasteiger partial charge in [-0.1, -0.05) is 12.2 Å². The van der Waals surface area contributed by atoms with Crippen LogP contribution in [0, 0.1) is 11.7 Å². The summed E-state index contributed by atoms with van der Waals surface area (Å²) >= 11 is 0. The molecule has 3 heteroatoms. The van der Waals surface area contributed by atoms with Gasteiger partial charge in [0, 0.05) is 38.4 Å². The molecule has 2 aliphatic rings. The van der Waals surface area contributed by atoms with Crippen molar-refractivity contribution in [3.63, 3.8) is 0 Å². The van der Waals surface area contributed by atoms with Gasteiger partial charge in [-0.2, -0.15) is 0 Å². The predicted molar refractivity (Wildman–Crippen MR) is 81.5 cm³/mol. The molecule has 0 radical (unpaired) electrons. The molecule has 1 aliphatic heterocycles. The van der Waals surface area contributed by atoms with Crippen molar-refractivity contribution < 1.29 is 4.39 Å². The summed E-state index contributed by atoms with van der Waals surface area (Å²) < 4.78 is 12.9. The molecular formula is C17H23FN2. The SMILES string of the molecule is Fc1ccc(N2CCN(C[C@@H]3CC=CCC3)CC2)cc1. The zero-order chi connectivity index (χ0) is 13.8. The smallest absolute Gasteiger partial charge is 0.123 e. The molecule has 1 aliphatic carbocycles. The van der Waals surface area contributed by atoms with E-state index < -0.39 is 0 Å². The number of hydrogen-bond donors (Lipinski definition) is 0. The monoisotopic (exact) mass is 274 g/mol. The van der Waals surface area contributed by atoms with Gasteiger partial charge in [0.15, 0.2) is 0 Å². The highest BCUT2D eigenvalue weighted by molar-refractivity contribution is 5.46. The average Bonchev–Trinajstić information content (AvgIpc) is 2.50. The first-order valence-electron chi connectivity index (χ1n) is 7.69. The Labute approximate surface area is 120 Å². The molecule has 1 aromatic rings. The van der Waals surface area contributed by atoms with Gasteiger partial charge in [0.05, 0.1) is 0 Å². The Morgan fingerprint density at radius 1 is 1.00 bits per heavy atom. The van der Waals surface area contributed by atoms with E-state index in [-0.39, 0.29) is 5.82 Å². The van der Waals surface area contributed by atoms with Gasteiger partial charge in [0.2, 0.25) is 0 Å². The fraction of sp³-hybridized carbons (Fsp3) is 0.529. The summed E-state index contributed by atoms with van der Waals surface area (Å²) in [6, 6.07) is 6.87. The lowest BCUT2D eigenvalue weighted by Crippen LogP contribution is -2.47. The van der Waals surface area contributed by atoms with Crippen LogP contribution in [0.5, 0.6) is 0 Å². The highest BCUT2D eigenvalue weighted by atomic mass is 19.1. The van der Waals surface area contributed by atoms with E-state index in [1.165, 1.54) is 25.8 Å². The number of anilines is 1. The van der Waals surface area contributed by atoms with Gasteiger partial charge in [-0.3, -0.25) is 4.90 Å². The number of nitrogens with zero attached hydrogens (tertiary/aromatic N) is 2. The zero-order valence-electron chi connectivity index (χ0n) is 12.0. The van der Waals surface area contributed by atoms with Crippen LogP contribution in [-0.4, -0.2) is 37.6 Å². The quantitative estimate of drug-likeness (QED) is 0.780. The van der Waals surface area contributed by atoms with Gasteiger partial charge in [-0.25, -0.2) is 4.39 Å². The largest absolute Gasteiger partial charge is 0.369 e. The molecule has 20 heavy (non-hydrogen) atoms. The highest BCUT2D eigenvalue weighted by Gasteiger charge is 2.20. The summed E-state index contributed by atoms with van der Waals surface area (Å²) in [4.78, 5) is 4.95. The van der Waals surface area contributed by atoms with E-state index in [1.807, 2.05) is 12.1 Å². The number of allylic oxidation sites excluding steroid dienone is 2. The summed E-state index contributed by atoms with van der Waals surface area (Å²) in [5.74, 6) is 0.690. The molecular weight excluding hydrogens is 251 g/mol. The molecule has 1 aromatic carbocycles. The molecule has 0 unspecified atom stereocenters. The summed E-state index contributed by atoms with van der Waals surface area (Å²) in [6.45, 7) is 5.58. The van der Waals surface area contributed by atoms with Crippen molar-refractivity contribution in [2.45, 2.75) is 19.3 Å². The normalized spacial score (nSPS) is 24.1. The Kier molecular flexibility index (Phi) is 4.36. The van der Waals surface area contributed by atoms with Crippen molar-refractivity contribution in [1.29, 1.82) is 0 Å². The second-order valence-corrected chi connectivity index (χ2v) is 5.91. The Bertz CT molecular complexity index is 447. The Hall–Kier alpha value is -1.35. The van der Waals surface area contributed by atoms with Gasteiger partial charge in [0.25, 0.3) is 0 Å². The minimum absolute atomic E-state index is 0.155. The van der Waals surface area contributed by atoms with Crippen LogP contribution in [0.2, 0.25) is 0 Å². The Morgan fingerprint density at radius 3 is 2.40 bits per heavy atom. The van der Waals surface area contributed by atoms with Crippen LogP contribution in [-0.2, 0) is 0 Å². The summed E-state index contributed by atoms with van der Waals surface area (Å²) in [6.07, 6.45) is 8.49. The second-order valence-electron chi connectivity index (χ2n) is 5.91. The van der Waals surface area contributed by atoms with Gasteiger partial charge in [0.1, 0.15) is 5.82 Å². The molecule has 1 atom stereocenters. The van der Waals surface area contributed by atoms with Crippen LogP contribution in [0.4, 0.5) is 10.1 Å². The third-order valence-corrected chi connectivity index (χ3v) is 4.46. The third kappa shape index (κ3) is 3.40. The second kappa shape index (κ2) is 6.40. The van der Waals surface area contributed by atoms with Gasteiger partial charge in [-0.15, -0.1) is 0 Å². The van der Waals surface area contributed by atoms with Crippen LogP contribution in [0.3, 0.4) is 0 Å². The van der Waals surface area contributed by atoms with Crippen LogP contribution in [0.25, 0.3) is 0 Å². The maximum Gasteiger partial charge on any atom is 0.123 e. The number of hydrogen-bond acceptors (Lipinski definition) is 2. The van der Waals surface area contributed by atoms with Crippen LogP contribution < -0.4 is 4.90 Å². The van der Waals surface area contributed by atoms with E-state index in [9.17, 15) is 4.39 Å². The molecule has 2 nitrogen and oxygen atoms in total. The first kappa shape index (κ1) is 13.6. The van der Waals surface area contributed by atoms with E-state index in [1.54, 1.807) is 12.1 Å². The van der Waals surface area contributed by atoms with E-state index in [2.05, 4.69) is 22.0 Å². The first-order valence-corrected chi connectivity index (χ1v) is 7.69. The molecule has 1 fully saturated rings. The average molecular weight is 274 g/mol. The van der Waals surface area contributed by atoms with Crippen molar-refractivity contribution in [2.24, 2.45) is 5.92 Å². The zero-order valence-corrected chi connectivity index (χ0v) is 12.0. The number of halogens is 1. The Balaban J connectivity index is 1.49. The predicted octanol–water partition coefficient (Wildman–Crippen LogP) is 3.30. The molecule has 0 spiro atoms. The van der Waals surface area contributed by atoms with Crippen molar-refractivity contribution in [1.82, 2.24) is 4.90 Å². The fourth-order valence-corrected chi connectivity index (χ4v) is 3.23. The third-order valence-electron chi connectivity index (χ3n) is 4.46. The van der Waals surface area contributed by atoms with E-state index in [0.717, 1.165) is 37.8 Å². The van der Waals surface area contributed by atoms with Crippen LogP contribution >= 0.6 is 0 Å². The Morgan fingerprint density at radius 2 is 1.75 bits per heavy atom. The minimum atomic E-state index is -0.155. The molecule has 0 N–H and O–H groups in total. The van der Waals surface area contributed by atoms with Crippen LogP contribution in [0.15, 0.2) is 36.4 Å². The fourth-order valence-electron chi connectivity index (χ4n) is 3.23. The number of rotatable bonds is 3. The van der Waals surface area contributed by atoms with E-state index in [0.29, 0.717) is 0 Å². The van der Waals surface area contributed by atoms with Crippen molar-refractivity contribution in [3.05, 3.63) is 42.2 Å². The van der Waals surface area contributed by atoms with Crippen molar-refractivity contribution >= 4 is 5.69 Å². The van der Waals surface area contributed by atoms with E-state index >= 15 is 0 Å². The minimum Gasteiger partial charge on any atom is -0.369 e. The maximum absolute atomic E-state index is 12.9. The lowest BCUT2D eigenvalue weighted by atomic mass is 9.94. The molecule has 0 bridgehead atoms. The standard InChI is InChI=1S/C17H23FN2/c18-16-6-8-17(9-7-16)20-12-10-19(11-13-20)14-15-4-2-1-3-5-15/h1-2,6-9,15H,3-5,10-14H2/t15-/m1/s1.